The summed E-state index contributed by atoms with van der Waals surface area (Å²) in [5.41, 5.74) is 0.0223. The molecule has 144 valence electrons. The molecule has 0 aromatic heterocycles. The molecule has 2 aliphatic heterocycles. The fraction of sp³-hybridized carbons (Fsp3) is 0.955. The van der Waals surface area contributed by atoms with E-state index in [1.54, 1.807) is 0 Å². The van der Waals surface area contributed by atoms with Crippen LogP contribution in [0.25, 0.3) is 0 Å². The molecule has 4 saturated carbocycles. The van der Waals surface area contributed by atoms with Crippen molar-refractivity contribution < 1.29 is 5.11 Å². The van der Waals surface area contributed by atoms with Crippen molar-refractivity contribution in [3.05, 3.63) is 0 Å². The second kappa shape index (κ2) is 5.23. The minimum absolute atomic E-state index is 0.0608. The number of thioether (sulfide) groups is 1. The van der Waals surface area contributed by atoms with Gasteiger partial charge in [0.2, 0.25) is 0 Å². The molecule has 0 spiro atoms. The maximum atomic E-state index is 12.1. The monoisotopic (exact) mass is 374 g/mol. The van der Waals surface area contributed by atoms with Crippen LogP contribution in [0.2, 0.25) is 0 Å². The molecule has 4 unspecified atom stereocenters. The molecule has 0 bridgehead atoms. The molecule has 5 fully saturated rings. The van der Waals surface area contributed by atoms with Crippen LogP contribution in [-0.4, -0.2) is 39.2 Å². The lowest BCUT2D eigenvalue weighted by atomic mass is 9.45. The molecule has 0 aromatic carbocycles. The molecule has 0 radical (unpaired) electrons. The van der Waals surface area contributed by atoms with Gasteiger partial charge in [-0.25, -0.2) is 0 Å². The molecule has 1 N–H and O–H groups in total. The topological polar surface area (TPSA) is 35.8 Å². The molecule has 1 saturated heterocycles. The van der Waals surface area contributed by atoms with Crippen LogP contribution in [-0.2, 0) is 0 Å². The Morgan fingerprint density at radius 3 is 2.85 bits per heavy atom. The maximum absolute atomic E-state index is 12.1. The van der Waals surface area contributed by atoms with Crippen LogP contribution in [0, 0.1) is 34.5 Å². The second-order valence-corrected chi connectivity index (χ2v) is 11.9. The van der Waals surface area contributed by atoms with Crippen LogP contribution in [0.3, 0.4) is 0 Å². The molecule has 2 heterocycles. The number of hydrogen-bond donors (Lipinski definition) is 1. The van der Waals surface area contributed by atoms with Crippen molar-refractivity contribution in [1.82, 2.24) is 4.90 Å². The van der Waals surface area contributed by atoms with Gasteiger partial charge in [-0.3, -0.25) is 4.99 Å². The number of hydrogen-bond acceptors (Lipinski definition) is 4. The smallest absolute Gasteiger partial charge is 0.162 e. The van der Waals surface area contributed by atoms with Crippen molar-refractivity contribution in [3.63, 3.8) is 0 Å². The highest BCUT2D eigenvalue weighted by Crippen LogP contribution is 2.71. The largest absolute Gasteiger partial charge is 0.369 e. The summed E-state index contributed by atoms with van der Waals surface area (Å²) in [5, 5.41) is 13.6. The Bertz CT molecular complexity index is 667. The highest BCUT2D eigenvalue weighted by Gasteiger charge is 2.72. The molecule has 0 amide bonds. The lowest BCUT2D eigenvalue weighted by molar-refractivity contribution is -0.188. The van der Waals surface area contributed by atoms with Crippen molar-refractivity contribution in [3.8, 4) is 0 Å². The molecule has 3 nitrogen and oxygen atoms in total. The number of amidine groups is 1. The van der Waals surface area contributed by atoms with Gasteiger partial charge < -0.3 is 10.0 Å². The van der Waals surface area contributed by atoms with E-state index >= 15 is 0 Å². The summed E-state index contributed by atoms with van der Waals surface area (Å²) >= 11 is 1.90. The first-order valence-electron chi connectivity index (χ1n) is 11.2. The first-order chi connectivity index (χ1) is 12.5. The van der Waals surface area contributed by atoms with Crippen LogP contribution < -0.4 is 0 Å². The average molecular weight is 375 g/mol. The Balaban J connectivity index is 1.37. The van der Waals surface area contributed by atoms with E-state index in [2.05, 4.69) is 23.7 Å². The third kappa shape index (κ3) is 1.76. The SMILES string of the molecule is C[C@]12CCCCC1CCC1C2CC[C@@]2(C)C1C[C@H]1SC3=NCCN3[C@]12O. The number of nitrogens with zero attached hydrogens (tertiary/aromatic N) is 2. The Morgan fingerprint density at radius 1 is 1.08 bits per heavy atom. The first-order valence-corrected chi connectivity index (χ1v) is 12.1. The van der Waals surface area contributed by atoms with Crippen LogP contribution in [0.5, 0.6) is 0 Å². The summed E-state index contributed by atoms with van der Waals surface area (Å²) in [6, 6.07) is 0. The summed E-state index contributed by atoms with van der Waals surface area (Å²) in [7, 11) is 0. The molecule has 6 rings (SSSR count). The minimum atomic E-state index is -0.632. The Kier molecular flexibility index (Phi) is 3.36. The van der Waals surface area contributed by atoms with E-state index in [4.69, 9.17) is 0 Å². The minimum Gasteiger partial charge on any atom is -0.369 e. The van der Waals surface area contributed by atoms with Crippen molar-refractivity contribution in [2.75, 3.05) is 13.1 Å². The summed E-state index contributed by atoms with van der Waals surface area (Å²) in [5.74, 6) is 3.47. The molecular formula is C22H34N2OS. The average Bonchev–Trinajstić information content (AvgIpc) is 3.25. The maximum Gasteiger partial charge on any atom is 0.162 e. The third-order valence-electron chi connectivity index (χ3n) is 10.2. The molecule has 4 aliphatic carbocycles. The normalized spacial score (nSPS) is 57.7. The van der Waals surface area contributed by atoms with E-state index in [1.165, 1.54) is 57.8 Å². The predicted octanol–water partition coefficient (Wildman–Crippen LogP) is 4.50. The van der Waals surface area contributed by atoms with E-state index in [1.807, 2.05) is 11.8 Å². The van der Waals surface area contributed by atoms with Gasteiger partial charge in [0.05, 0.1) is 11.8 Å². The van der Waals surface area contributed by atoms with Crippen molar-refractivity contribution in [2.45, 2.75) is 82.6 Å². The fourth-order valence-electron chi connectivity index (χ4n) is 8.85. The zero-order valence-corrected chi connectivity index (χ0v) is 17.2. The van der Waals surface area contributed by atoms with Gasteiger partial charge in [-0.2, -0.15) is 0 Å². The number of rotatable bonds is 0. The van der Waals surface area contributed by atoms with Crippen LogP contribution in [0.4, 0.5) is 0 Å². The highest BCUT2D eigenvalue weighted by atomic mass is 32.2. The number of aliphatic hydroxyl groups is 1. The Hall–Kier alpha value is -0.220. The van der Waals surface area contributed by atoms with Gasteiger partial charge in [-0.05, 0) is 74.0 Å². The van der Waals surface area contributed by atoms with Gasteiger partial charge in [0, 0.05) is 12.0 Å². The molecular weight excluding hydrogens is 340 g/mol. The molecule has 8 atom stereocenters. The van der Waals surface area contributed by atoms with Crippen molar-refractivity contribution in [2.24, 2.45) is 39.5 Å². The van der Waals surface area contributed by atoms with E-state index < -0.39 is 5.72 Å². The molecule has 26 heavy (non-hydrogen) atoms. The molecule has 0 aromatic rings. The van der Waals surface area contributed by atoms with Crippen LogP contribution >= 0.6 is 11.8 Å². The highest BCUT2D eigenvalue weighted by molar-refractivity contribution is 8.14. The lowest BCUT2D eigenvalue weighted by Gasteiger charge is -2.61. The van der Waals surface area contributed by atoms with E-state index in [0.29, 0.717) is 16.6 Å². The van der Waals surface area contributed by atoms with Gasteiger partial charge in [0.25, 0.3) is 0 Å². The van der Waals surface area contributed by atoms with Gasteiger partial charge in [0.1, 0.15) is 0 Å². The van der Waals surface area contributed by atoms with Gasteiger partial charge in [-0.15, -0.1) is 0 Å². The second-order valence-electron chi connectivity index (χ2n) is 10.7. The summed E-state index contributed by atoms with van der Waals surface area (Å²) in [6.45, 7) is 6.92. The zero-order valence-electron chi connectivity index (χ0n) is 16.4. The van der Waals surface area contributed by atoms with Gasteiger partial charge in [-0.1, -0.05) is 38.5 Å². The van der Waals surface area contributed by atoms with E-state index in [9.17, 15) is 5.11 Å². The first kappa shape index (κ1) is 16.7. The Morgan fingerprint density at radius 2 is 1.96 bits per heavy atom. The number of aliphatic imine (C=N–C) groups is 1. The fourth-order valence-corrected chi connectivity index (χ4v) is 10.5. The number of fused-ring (bicyclic) bond motifs is 9. The van der Waals surface area contributed by atoms with E-state index in [0.717, 1.165) is 36.0 Å². The summed E-state index contributed by atoms with van der Waals surface area (Å²) < 4.78 is 0. The summed E-state index contributed by atoms with van der Waals surface area (Å²) in [6.07, 6.45) is 12.5. The predicted molar refractivity (Wildman–Crippen MR) is 107 cm³/mol. The molecule has 4 heteroatoms. The van der Waals surface area contributed by atoms with Crippen LogP contribution in [0.15, 0.2) is 4.99 Å². The Labute approximate surface area is 162 Å². The third-order valence-corrected chi connectivity index (χ3v) is 11.6. The van der Waals surface area contributed by atoms with E-state index in [-0.39, 0.29) is 5.41 Å². The van der Waals surface area contributed by atoms with Crippen molar-refractivity contribution in [1.29, 1.82) is 0 Å². The standard InChI is InChI=1S/C22H34N2OS/c1-20-9-4-3-5-14(20)6-7-15-16(20)8-10-21(2)17(15)13-18-22(21,25)24-12-11-23-19(24)26-18/h14-18,25H,3-13H2,1-2H3/t14?,15?,16?,17?,18-,20+,21+,22+/m1/s1. The quantitative estimate of drug-likeness (QED) is 0.678. The van der Waals surface area contributed by atoms with Gasteiger partial charge in [0.15, 0.2) is 10.9 Å². The summed E-state index contributed by atoms with van der Waals surface area (Å²) in [4.78, 5) is 7.00. The van der Waals surface area contributed by atoms with Crippen LogP contribution in [0.1, 0.15) is 71.6 Å². The van der Waals surface area contributed by atoms with Crippen molar-refractivity contribution >= 4 is 16.9 Å². The zero-order chi connectivity index (χ0) is 17.7. The van der Waals surface area contributed by atoms with Gasteiger partial charge >= 0.3 is 0 Å². The molecule has 6 aliphatic rings. The lowest BCUT2D eigenvalue weighted by Crippen LogP contribution is -2.62.